The van der Waals surface area contributed by atoms with Gasteiger partial charge in [-0.1, -0.05) is 193 Å². The molecular formula is C64H59NO4S2. The summed E-state index contributed by atoms with van der Waals surface area (Å²) in [6, 6.07) is 72.0. The highest BCUT2D eigenvalue weighted by Gasteiger charge is 2.30. The van der Waals surface area contributed by atoms with Gasteiger partial charge in [0, 0.05) is 29.6 Å². The van der Waals surface area contributed by atoms with Gasteiger partial charge in [0.25, 0.3) is 0 Å². The zero-order valence-corrected chi connectivity index (χ0v) is 43.2. The molecule has 9 rings (SSSR count). The van der Waals surface area contributed by atoms with Crippen molar-refractivity contribution in [2.24, 2.45) is 0 Å². The van der Waals surface area contributed by atoms with Gasteiger partial charge in [-0.2, -0.15) is 0 Å². The Morgan fingerprint density at radius 3 is 0.775 bits per heavy atom. The zero-order chi connectivity index (χ0) is 50.3. The van der Waals surface area contributed by atoms with Crippen LogP contribution >= 0.6 is 0 Å². The smallest absolute Gasteiger partial charge is 0.175 e. The van der Waals surface area contributed by atoms with Gasteiger partial charge in [0.2, 0.25) is 0 Å². The third-order valence-electron chi connectivity index (χ3n) is 13.2. The molecule has 7 heteroatoms. The second kappa shape index (κ2) is 19.1. The summed E-state index contributed by atoms with van der Waals surface area (Å²) in [7, 11) is -7.07. The van der Waals surface area contributed by atoms with Gasteiger partial charge in [0.05, 0.1) is 9.79 Å². The quantitative estimate of drug-likeness (QED) is 0.129. The maximum atomic E-state index is 13.1. The Balaban J connectivity index is 1.50. The van der Waals surface area contributed by atoms with Crippen LogP contribution in [0.1, 0.15) is 52.7 Å². The Bertz CT molecular complexity index is 3360. The van der Waals surface area contributed by atoms with Crippen molar-refractivity contribution < 1.29 is 16.8 Å². The van der Waals surface area contributed by atoms with Crippen LogP contribution in [0.3, 0.4) is 0 Å². The van der Waals surface area contributed by atoms with Crippen LogP contribution in [-0.2, 0) is 30.5 Å². The molecule has 0 aliphatic rings. The molecule has 0 fully saturated rings. The van der Waals surface area contributed by atoms with Gasteiger partial charge in [0.15, 0.2) is 19.7 Å². The lowest BCUT2D eigenvalue weighted by Gasteiger charge is -2.30. The molecule has 0 saturated heterocycles. The monoisotopic (exact) mass is 969 g/mol. The third kappa shape index (κ3) is 10.2. The van der Waals surface area contributed by atoms with E-state index in [4.69, 9.17) is 0 Å². The molecule has 5 nitrogen and oxygen atoms in total. The Morgan fingerprint density at radius 2 is 0.507 bits per heavy atom. The molecule has 0 N–H and O–H groups in total. The minimum atomic E-state index is -3.53. The summed E-state index contributed by atoms with van der Waals surface area (Å²) >= 11 is 0. The molecule has 0 aliphatic carbocycles. The minimum absolute atomic E-state index is 0.104. The van der Waals surface area contributed by atoms with Crippen LogP contribution in [0.15, 0.2) is 222 Å². The number of sulfone groups is 2. The van der Waals surface area contributed by atoms with Gasteiger partial charge >= 0.3 is 0 Å². The largest absolute Gasteiger partial charge is 0.311 e. The summed E-state index contributed by atoms with van der Waals surface area (Å²) in [5, 5.41) is 0. The lowest BCUT2D eigenvalue weighted by Crippen LogP contribution is -2.11. The number of hydrogen-bond acceptors (Lipinski definition) is 5. The molecule has 71 heavy (non-hydrogen) atoms. The van der Waals surface area contributed by atoms with Crippen molar-refractivity contribution >= 4 is 36.7 Å². The summed E-state index contributed by atoms with van der Waals surface area (Å²) in [6.07, 6.45) is 2.47. The van der Waals surface area contributed by atoms with Crippen LogP contribution in [0.5, 0.6) is 0 Å². The van der Waals surface area contributed by atoms with Crippen LogP contribution < -0.4 is 4.90 Å². The maximum Gasteiger partial charge on any atom is 0.175 e. The lowest BCUT2D eigenvalue weighted by atomic mass is 9.73. The highest BCUT2D eigenvalue weighted by molar-refractivity contribution is 7.91. The van der Waals surface area contributed by atoms with Crippen molar-refractivity contribution in [3.05, 3.63) is 223 Å². The van der Waals surface area contributed by atoms with Crippen molar-refractivity contribution in [2.75, 3.05) is 17.4 Å². The Kier molecular flexibility index (Phi) is 13.1. The van der Waals surface area contributed by atoms with Gasteiger partial charge in [0.1, 0.15) is 0 Å². The van der Waals surface area contributed by atoms with Crippen molar-refractivity contribution in [3.63, 3.8) is 0 Å². The van der Waals surface area contributed by atoms with Crippen LogP contribution in [-0.4, -0.2) is 29.3 Å². The molecule has 0 heterocycles. The van der Waals surface area contributed by atoms with E-state index in [9.17, 15) is 16.8 Å². The summed E-state index contributed by atoms with van der Waals surface area (Å²) in [5.41, 5.74) is 16.3. The highest BCUT2D eigenvalue weighted by Crippen LogP contribution is 2.56. The first-order valence-electron chi connectivity index (χ1n) is 23.9. The molecule has 0 saturated carbocycles. The first-order chi connectivity index (χ1) is 33.8. The number of benzene rings is 9. The molecule has 0 atom stereocenters. The molecule has 0 spiro atoms. The van der Waals surface area contributed by atoms with E-state index in [0.29, 0.717) is 0 Å². The number of para-hydroxylation sites is 2. The maximum absolute atomic E-state index is 13.1. The predicted octanol–water partition coefficient (Wildman–Crippen LogP) is 16.6. The van der Waals surface area contributed by atoms with Gasteiger partial charge in [-0.15, -0.1) is 0 Å². The lowest BCUT2D eigenvalue weighted by molar-refractivity contribution is 0.590. The van der Waals surface area contributed by atoms with Crippen molar-refractivity contribution in [3.8, 4) is 66.8 Å². The molecule has 0 bridgehead atoms. The van der Waals surface area contributed by atoms with E-state index in [-0.39, 0.29) is 20.6 Å². The van der Waals surface area contributed by atoms with E-state index in [2.05, 4.69) is 168 Å². The Labute approximate surface area is 421 Å². The van der Waals surface area contributed by atoms with Crippen LogP contribution in [0, 0.1) is 0 Å². The average molecular weight is 970 g/mol. The van der Waals surface area contributed by atoms with Crippen LogP contribution in [0.4, 0.5) is 17.1 Å². The Morgan fingerprint density at radius 1 is 0.282 bits per heavy atom. The fourth-order valence-electron chi connectivity index (χ4n) is 9.48. The van der Waals surface area contributed by atoms with Gasteiger partial charge in [-0.05, 0) is 149 Å². The van der Waals surface area contributed by atoms with Crippen LogP contribution in [0.25, 0.3) is 66.8 Å². The molecule has 0 amide bonds. The first-order valence-corrected chi connectivity index (χ1v) is 27.7. The number of rotatable bonds is 11. The third-order valence-corrected chi connectivity index (χ3v) is 15.5. The topological polar surface area (TPSA) is 71.5 Å². The van der Waals surface area contributed by atoms with Crippen LogP contribution in [0.2, 0.25) is 0 Å². The first kappa shape index (κ1) is 48.7. The molecule has 356 valence electrons. The number of hydrogen-bond donors (Lipinski definition) is 0. The van der Waals surface area contributed by atoms with Crippen molar-refractivity contribution in [1.29, 1.82) is 0 Å². The predicted molar refractivity (Wildman–Crippen MR) is 297 cm³/mol. The summed E-state index contributed by atoms with van der Waals surface area (Å²) < 4.78 is 52.3. The van der Waals surface area contributed by atoms with Gasteiger partial charge < -0.3 is 4.90 Å². The van der Waals surface area contributed by atoms with E-state index in [1.165, 1.54) is 23.6 Å². The number of anilines is 3. The molecule has 0 unspecified atom stereocenters. The molecule has 9 aromatic carbocycles. The minimum Gasteiger partial charge on any atom is -0.311 e. The van der Waals surface area contributed by atoms with E-state index in [1.54, 1.807) is 24.3 Å². The highest BCUT2D eigenvalue weighted by atomic mass is 32.2. The average Bonchev–Trinajstić information content (AvgIpc) is 3.36. The SMILES string of the molecule is CC(C)(C)c1ccc(-c2c(-c3ccccc3)c(-c3ccc(C(C)(C)C)cc3)c(-c3ccc(S(C)(=O)=O)cc3)c(-c3ccc(N(c4ccccc4)c4ccccc4)cc3)c2-c2ccc(S(C)(=O)=O)cc2)cc1. The summed E-state index contributed by atoms with van der Waals surface area (Å²) in [6.45, 7) is 13.3. The molecular weight excluding hydrogens is 911 g/mol. The number of nitrogens with zero attached hydrogens (tertiary/aromatic N) is 1. The second-order valence-corrected chi connectivity index (χ2v) is 24.4. The zero-order valence-electron chi connectivity index (χ0n) is 41.6. The standard InChI is InChI=1S/C64H59NO4S2/c1-63(2,3)50-34-24-45(25-35-50)58-57(44-18-12-9-13-19-44)59(46-26-36-51(37-27-46)64(4,5)6)62(49-32-42-56(43-33-49)71(8,68)69)60(61(58)48-30-40-55(41-31-48)70(7,66)67)47-28-38-54(39-29-47)65(52-20-14-10-15-21-52)53-22-16-11-17-23-53/h9-43H,1-8H3. The second-order valence-electron chi connectivity index (χ2n) is 20.4. The van der Waals surface area contributed by atoms with E-state index in [0.717, 1.165) is 83.8 Å². The van der Waals surface area contributed by atoms with Crippen molar-refractivity contribution in [1.82, 2.24) is 0 Å². The van der Waals surface area contributed by atoms with E-state index in [1.807, 2.05) is 66.7 Å². The molecule has 9 aromatic rings. The Hall–Kier alpha value is -7.32. The summed E-state index contributed by atoms with van der Waals surface area (Å²) in [4.78, 5) is 2.68. The van der Waals surface area contributed by atoms with E-state index >= 15 is 0 Å². The molecule has 0 aromatic heterocycles. The van der Waals surface area contributed by atoms with Gasteiger partial charge in [-0.3, -0.25) is 0 Å². The van der Waals surface area contributed by atoms with Gasteiger partial charge in [-0.25, -0.2) is 16.8 Å². The fraction of sp³-hybridized carbons (Fsp3) is 0.156. The fourth-order valence-corrected chi connectivity index (χ4v) is 10.7. The molecule has 0 radical (unpaired) electrons. The normalized spacial score (nSPS) is 12.2. The van der Waals surface area contributed by atoms with Crippen molar-refractivity contribution in [2.45, 2.75) is 62.2 Å². The van der Waals surface area contributed by atoms with E-state index < -0.39 is 19.7 Å². The summed E-state index contributed by atoms with van der Waals surface area (Å²) in [5.74, 6) is 0. The molecule has 0 aliphatic heterocycles.